The van der Waals surface area contributed by atoms with Gasteiger partial charge in [-0.3, -0.25) is 9.59 Å². The maximum absolute atomic E-state index is 12.2. The average molecular weight is 323 g/mol. The van der Waals surface area contributed by atoms with Crippen molar-refractivity contribution in [2.45, 2.75) is 31.6 Å². The van der Waals surface area contributed by atoms with E-state index in [1.807, 2.05) is 18.2 Å². The summed E-state index contributed by atoms with van der Waals surface area (Å²) in [5.41, 5.74) is 2.74. The Balaban J connectivity index is 1.52. The number of hydrogen-bond donors (Lipinski definition) is 2. The molecule has 2 aromatic rings. The van der Waals surface area contributed by atoms with Crippen molar-refractivity contribution >= 4 is 17.6 Å². The smallest absolute Gasteiger partial charge is 0.310 e. The second-order valence-electron chi connectivity index (χ2n) is 6.45. The first kappa shape index (κ1) is 16.2. The van der Waals surface area contributed by atoms with Crippen LogP contribution in [0.4, 0.5) is 5.69 Å². The summed E-state index contributed by atoms with van der Waals surface area (Å²) in [6.45, 7) is 1.65. The number of anilines is 1. The summed E-state index contributed by atoms with van der Waals surface area (Å²) in [7, 11) is 0. The number of carboxylic acid groups (broad SMARTS) is 1. The monoisotopic (exact) mass is 323 g/mol. The summed E-state index contributed by atoms with van der Waals surface area (Å²) in [5, 5.41) is 11.9. The van der Waals surface area contributed by atoms with Crippen molar-refractivity contribution in [3.05, 3.63) is 65.7 Å². The van der Waals surface area contributed by atoms with Gasteiger partial charge in [0.2, 0.25) is 5.91 Å². The van der Waals surface area contributed by atoms with Crippen LogP contribution in [0, 0.1) is 5.92 Å². The van der Waals surface area contributed by atoms with Crippen LogP contribution in [0.3, 0.4) is 0 Å². The molecule has 1 amide bonds. The molecule has 0 spiro atoms. The van der Waals surface area contributed by atoms with Crippen molar-refractivity contribution in [2.75, 3.05) is 5.32 Å². The van der Waals surface area contributed by atoms with Gasteiger partial charge in [-0.15, -0.1) is 0 Å². The summed E-state index contributed by atoms with van der Waals surface area (Å²) in [5.74, 6) is -0.479. The number of hydrogen-bond acceptors (Lipinski definition) is 2. The van der Waals surface area contributed by atoms with Gasteiger partial charge in [-0.1, -0.05) is 42.5 Å². The Morgan fingerprint density at radius 1 is 1.12 bits per heavy atom. The molecule has 1 saturated carbocycles. The minimum atomic E-state index is -0.854. The van der Waals surface area contributed by atoms with Gasteiger partial charge >= 0.3 is 5.97 Å². The third-order valence-electron chi connectivity index (χ3n) is 4.66. The maximum Gasteiger partial charge on any atom is 0.310 e. The number of amides is 1. The molecule has 24 heavy (non-hydrogen) atoms. The van der Waals surface area contributed by atoms with E-state index in [2.05, 4.69) is 17.4 Å². The molecule has 1 fully saturated rings. The number of rotatable bonds is 6. The topological polar surface area (TPSA) is 66.4 Å². The van der Waals surface area contributed by atoms with Gasteiger partial charge < -0.3 is 10.4 Å². The third kappa shape index (κ3) is 3.82. The number of aliphatic carboxylic acids is 1. The van der Waals surface area contributed by atoms with Crippen molar-refractivity contribution in [1.29, 1.82) is 0 Å². The summed E-state index contributed by atoms with van der Waals surface area (Å²) in [4.78, 5) is 23.1. The lowest BCUT2D eigenvalue weighted by atomic mass is 10.0. The van der Waals surface area contributed by atoms with Crippen LogP contribution >= 0.6 is 0 Å². The Hall–Kier alpha value is -2.62. The van der Waals surface area contributed by atoms with Crippen molar-refractivity contribution in [3.8, 4) is 0 Å². The van der Waals surface area contributed by atoms with Crippen LogP contribution in [0.15, 0.2) is 54.6 Å². The molecular weight excluding hydrogens is 302 g/mol. The fourth-order valence-corrected chi connectivity index (χ4v) is 3.03. The van der Waals surface area contributed by atoms with Gasteiger partial charge in [0.05, 0.1) is 5.92 Å². The third-order valence-corrected chi connectivity index (χ3v) is 4.66. The second-order valence-corrected chi connectivity index (χ2v) is 6.45. The fraction of sp³-hybridized carbons (Fsp3) is 0.300. The van der Waals surface area contributed by atoms with E-state index >= 15 is 0 Å². The van der Waals surface area contributed by atoms with E-state index in [1.165, 1.54) is 5.56 Å². The maximum atomic E-state index is 12.2. The van der Waals surface area contributed by atoms with E-state index in [0.29, 0.717) is 23.9 Å². The number of carbonyl (C=O) groups excluding carboxylic acids is 1. The predicted octanol–water partition coefficient (Wildman–Crippen LogP) is 4.01. The zero-order valence-corrected chi connectivity index (χ0v) is 13.6. The molecular formula is C20H21NO3. The van der Waals surface area contributed by atoms with E-state index in [-0.39, 0.29) is 5.91 Å². The number of nitrogens with one attached hydrogen (secondary N) is 1. The summed E-state index contributed by atoms with van der Waals surface area (Å²) < 4.78 is 0. The van der Waals surface area contributed by atoms with Crippen LogP contribution in [-0.2, 0) is 9.59 Å². The van der Waals surface area contributed by atoms with Gasteiger partial charge in [0.15, 0.2) is 0 Å². The van der Waals surface area contributed by atoms with Gasteiger partial charge in [0.1, 0.15) is 0 Å². The molecule has 3 atom stereocenters. The first-order valence-electron chi connectivity index (χ1n) is 8.22. The number of carboxylic acids is 1. The van der Waals surface area contributed by atoms with Crippen LogP contribution in [0.2, 0.25) is 0 Å². The second kappa shape index (κ2) is 6.87. The lowest BCUT2D eigenvalue weighted by Crippen LogP contribution is -2.13. The molecule has 0 heterocycles. The SMILES string of the molecule is CC(C(=O)O)c1ccc(NC(=O)C[C@@H]2C[C@H]2c2ccccc2)cc1. The molecule has 4 heteroatoms. The molecule has 0 aliphatic heterocycles. The summed E-state index contributed by atoms with van der Waals surface area (Å²) >= 11 is 0. The largest absolute Gasteiger partial charge is 0.481 e. The van der Waals surface area contributed by atoms with E-state index in [9.17, 15) is 9.59 Å². The Labute approximate surface area is 141 Å². The first-order chi connectivity index (χ1) is 11.5. The van der Waals surface area contributed by atoms with Gasteiger partial charge in [0, 0.05) is 12.1 Å². The van der Waals surface area contributed by atoms with Gasteiger partial charge in [-0.05, 0) is 48.4 Å². The number of benzene rings is 2. The molecule has 2 aromatic carbocycles. The molecule has 3 rings (SSSR count). The minimum Gasteiger partial charge on any atom is -0.481 e. The van der Waals surface area contributed by atoms with Crippen molar-refractivity contribution in [2.24, 2.45) is 5.92 Å². The van der Waals surface area contributed by atoms with E-state index < -0.39 is 11.9 Å². The zero-order valence-electron chi connectivity index (χ0n) is 13.6. The Bertz CT molecular complexity index is 724. The molecule has 2 N–H and O–H groups in total. The molecule has 1 unspecified atom stereocenters. The first-order valence-corrected chi connectivity index (χ1v) is 8.22. The molecule has 124 valence electrons. The quantitative estimate of drug-likeness (QED) is 0.844. The van der Waals surface area contributed by atoms with Crippen molar-refractivity contribution in [1.82, 2.24) is 0 Å². The van der Waals surface area contributed by atoms with Gasteiger partial charge in [-0.25, -0.2) is 0 Å². The lowest BCUT2D eigenvalue weighted by molar-refractivity contribution is -0.138. The zero-order chi connectivity index (χ0) is 17.1. The number of carbonyl (C=O) groups is 2. The average Bonchev–Trinajstić information content (AvgIpc) is 3.34. The Morgan fingerprint density at radius 2 is 1.79 bits per heavy atom. The lowest BCUT2D eigenvalue weighted by Gasteiger charge is -2.09. The molecule has 0 saturated heterocycles. The normalized spacial score (nSPS) is 20.2. The summed E-state index contributed by atoms with van der Waals surface area (Å²) in [6, 6.07) is 17.3. The Morgan fingerprint density at radius 3 is 2.42 bits per heavy atom. The molecule has 0 radical (unpaired) electrons. The standard InChI is InChI=1S/C20H21NO3/c1-13(20(23)24)14-7-9-17(10-8-14)21-19(22)12-16-11-18(16)15-5-3-2-4-6-15/h2-10,13,16,18H,11-12H2,1H3,(H,21,22)(H,23,24)/t13?,16-,18-/m0/s1. The van der Waals surface area contributed by atoms with Crippen LogP contribution in [0.5, 0.6) is 0 Å². The minimum absolute atomic E-state index is 0.0115. The van der Waals surface area contributed by atoms with Crippen molar-refractivity contribution in [3.63, 3.8) is 0 Å². The Kier molecular flexibility index (Phi) is 4.65. The summed E-state index contributed by atoms with van der Waals surface area (Å²) in [6.07, 6.45) is 1.58. The van der Waals surface area contributed by atoms with E-state index in [1.54, 1.807) is 31.2 Å². The van der Waals surface area contributed by atoms with Gasteiger partial charge in [-0.2, -0.15) is 0 Å². The van der Waals surface area contributed by atoms with E-state index in [0.717, 1.165) is 12.0 Å². The molecule has 1 aliphatic carbocycles. The van der Waals surface area contributed by atoms with Gasteiger partial charge in [0.25, 0.3) is 0 Å². The fourth-order valence-electron chi connectivity index (χ4n) is 3.03. The molecule has 4 nitrogen and oxygen atoms in total. The van der Waals surface area contributed by atoms with Crippen LogP contribution in [0.1, 0.15) is 42.7 Å². The highest BCUT2D eigenvalue weighted by atomic mass is 16.4. The highest BCUT2D eigenvalue weighted by Gasteiger charge is 2.39. The van der Waals surface area contributed by atoms with Crippen LogP contribution in [-0.4, -0.2) is 17.0 Å². The molecule has 0 aromatic heterocycles. The highest BCUT2D eigenvalue weighted by Crippen LogP contribution is 2.49. The highest BCUT2D eigenvalue weighted by molar-refractivity contribution is 5.91. The predicted molar refractivity (Wildman–Crippen MR) is 93.0 cm³/mol. The van der Waals surface area contributed by atoms with Crippen molar-refractivity contribution < 1.29 is 14.7 Å². The molecule has 0 bridgehead atoms. The van der Waals surface area contributed by atoms with Crippen LogP contribution < -0.4 is 5.32 Å². The molecule has 1 aliphatic rings. The van der Waals surface area contributed by atoms with Crippen LogP contribution in [0.25, 0.3) is 0 Å². The van der Waals surface area contributed by atoms with E-state index in [4.69, 9.17) is 5.11 Å².